The number of ether oxygens (including phenoxy) is 2. The molecular formula is C25H43IN2O7S. The summed E-state index contributed by atoms with van der Waals surface area (Å²) in [6, 6.07) is 5.78. The Labute approximate surface area is 234 Å². The van der Waals surface area contributed by atoms with Crippen molar-refractivity contribution in [1.29, 1.82) is 0 Å². The van der Waals surface area contributed by atoms with Crippen molar-refractivity contribution >= 4 is 22.1 Å². The molecular weight excluding hydrogens is 599 g/mol. The van der Waals surface area contributed by atoms with Gasteiger partial charge >= 0.3 is 11.9 Å². The number of carbonyl (C=O) groups excluding carboxylic acids is 2. The topological polar surface area (TPSA) is 110 Å². The predicted molar refractivity (Wildman–Crippen MR) is 136 cm³/mol. The van der Waals surface area contributed by atoms with Gasteiger partial charge in [-0.2, -0.15) is 0 Å². The van der Waals surface area contributed by atoms with Gasteiger partial charge in [0.25, 0.3) is 0 Å². The molecule has 0 spiro atoms. The van der Waals surface area contributed by atoms with Gasteiger partial charge in [-0.3, -0.25) is 0 Å². The number of hydrogen-bond acceptors (Lipinski definition) is 7. The largest absolute Gasteiger partial charge is 1.00 e. The van der Waals surface area contributed by atoms with Crippen LogP contribution < -0.4 is 24.0 Å². The molecule has 0 aliphatic rings. The van der Waals surface area contributed by atoms with Gasteiger partial charge in [-0.25, -0.2) is 18.0 Å². The molecule has 0 saturated heterocycles. The van der Waals surface area contributed by atoms with Gasteiger partial charge in [0.1, 0.15) is 36.4 Å². The van der Waals surface area contributed by atoms with E-state index in [0.717, 1.165) is 27.6 Å². The van der Waals surface area contributed by atoms with E-state index in [4.69, 9.17) is 9.47 Å². The van der Waals surface area contributed by atoms with Crippen LogP contribution in [-0.4, -0.2) is 102 Å². The van der Waals surface area contributed by atoms with E-state index in [1.807, 2.05) is 6.92 Å². The summed E-state index contributed by atoms with van der Waals surface area (Å²) in [4.78, 5) is 21.6. The van der Waals surface area contributed by atoms with Gasteiger partial charge in [-0.05, 0) is 32.9 Å². The molecule has 0 atom stereocenters. The molecule has 0 aliphatic heterocycles. The Balaban J connectivity index is -0.000000448. The van der Waals surface area contributed by atoms with Crippen LogP contribution in [-0.2, 0) is 29.2 Å². The summed E-state index contributed by atoms with van der Waals surface area (Å²) in [5.41, 5.74) is 1.84. The molecule has 11 heteroatoms. The van der Waals surface area contributed by atoms with Crippen molar-refractivity contribution in [2.24, 2.45) is 0 Å². The van der Waals surface area contributed by atoms with Gasteiger partial charge < -0.3 is 47.0 Å². The molecule has 1 rings (SSSR count). The molecule has 0 aromatic heterocycles. The Morgan fingerprint density at radius 2 is 1.11 bits per heavy atom. The lowest BCUT2D eigenvalue weighted by atomic mass is 10.2. The van der Waals surface area contributed by atoms with Gasteiger partial charge in [-0.15, -0.1) is 0 Å². The third-order valence-corrected chi connectivity index (χ3v) is 4.85. The van der Waals surface area contributed by atoms with Crippen molar-refractivity contribution in [2.75, 3.05) is 68.6 Å². The van der Waals surface area contributed by atoms with Crippen LogP contribution in [0.3, 0.4) is 0 Å². The molecule has 9 nitrogen and oxygen atoms in total. The predicted octanol–water partition coefficient (Wildman–Crippen LogP) is -0.473. The SMILES string of the molecule is C=C(C)C(=O)OCC[N+](C)(C)C.C=C(C)C(=O)OCC[N+](C)(C)C.Cc1ccc(S(=O)(=O)[O-])cc1.[I-]. The first-order valence-corrected chi connectivity index (χ1v) is 12.4. The minimum atomic E-state index is -4.27. The molecule has 0 radical (unpaired) electrons. The number of quaternary nitrogens is 2. The van der Waals surface area contributed by atoms with Gasteiger partial charge in [-0.1, -0.05) is 30.9 Å². The zero-order valence-corrected chi connectivity index (χ0v) is 26.1. The molecule has 0 saturated carbocycles. The summed E-state index contributed by atoms with van der Waals surface area (Å²) < 4.78 is 42.6. The second kappa shape index (κ2) is 17.6. The first-order valence-electron chi connectivity index (χ1n) is 10.9. The fourth-order valence-electron chi connectivity index (χ4n) is 1.78. The maximum atomic E-state index is 10.9. The van der Waals surface area contributed by atoms with Crippen molar-refractivity contribution in [2.45, 2.75) is 25.7 Å². The highest BCUT2D eigenvalue weighted by Gasteiger charge is 2.10. The van der Waals surface area contributed by atoms with Crippen LogP contribution in [0.4, 0.5) is 0 Å². The van der Waals surface area contributed by atoms with Crippen LogP contribution in [0.25, 0.3) is 0 Å². The van der Waals surface area contributed by atoms with E-state index in [-0.39, 0.29) is 40.8 Å². The minimum Gasteiger partial charge on any atom is -1.00 e. The number of esters is 2. The highest BCUT2D eigenvalue weighted by atomic mass is 127. The van der Waals surface area contributed by atoms with Crippen LogP contribution in [0.15, 0.2) is 53.5 Å². The summed E-state index contributed by atoms with van der Waals surface area (Å²) in [5.74, 6) is -0.605. The third kappa shape index (κ3) is 23.9. The Morgan fingerprint density at radius 3 is 1.33 bits per heavy atom. The van der Waals surface area contributed by atoms with Crippen molar-refractivity contribution < 1.29 is 65.0 Å². The average molecular weight is 643 g/mol. The lowest BCUT2D eigenvalue weighted by Crippen LogP contribution is -3.00. The number of rotatable bonds is 9. The van der Waals surface area contributed by atoms with Crippen LogP contribution in [0.5, 0.6) is 0 Å². The van der Waals surface area contributed by atoms with Gasteiger partial charge in [0.2, 0.25) is 0 Å². The Bertz CT molecular complexity index is 904. The van der Waals surface area contributed by atoms with Crippen LogP contribution >= 0.6 is 0 Å². The summed E-state index contributed by atoms with van der Waals surface area (Å²) in [6.07, 6.45) is 0. The van der Waals surface area contributed by atoms with Gasteiger partial charge in [0.05, 0.1) is 47.2 Å². The lowest BCUT2D eigenvalue weighted by Gasteiger charge is -2.23. The lowest BCUT2D eigenvalue weighted by molar-refractivity contribution is -0.870. The minimum absolute atomic E-state index is 0. The third-order valence-electron chi connectivity index (χ3n) is 4.00. The molecule has 0 amide bonds. The molecule has 208 valence electrons. The van der Waals surface area contributed by atoms with Crippen molar-refractivity contribution in [3.05, 3.63) is 54.1 Å². The van der Waals surface area contributed by atoms with E-state index in [1.54, 1.807) is 26.0 Å². The number of aryl methyl sites for hydroxylation is 1. The van der Waals surface area contributed by atoms with E-state index in [2.05, 4.69) is 55.4 Å². The van der Waals surface area contributed by atoms with Crippen LogP contribution in [0.2, 0.25) is 0 Å². The molecule has 0 N–H and O–H groups in total. The second-order valence-electron chi connectivity index (χ2n) is 10.1. The molecule has 0 fully saturated rings. The monoisotopic (exact) mass is 642 g/mol. The first kappa shape index (κ1) is 38.7. The van der Waals surface area contributed by atoms with E-state index in [1.165, 1.54) is 12.1 Å². The fraction of sp³-hybridized carbons (Fsp3) is 0.520. The molecule has 0 unspecified atom stereocenters. The second-order valence-corrected chi connectivity index (χ2v) is 11.5. The number of nitrogens with zero attached hydrogens (tertiary/aromatic N) is 2. The maximum absolute atomic E-state index is 10.9. The summed E-state index contributed by atoms with van der Waals surface area (Å²) >= 11 is 0. The molecule has 0 bridgehead atoms. The summed E-state index contributed by atoms with van der Waals surface area (Å²) in [7, 11) is 8.03. The normalized spacial score (nSPS) is 10.8. The molecule has 1 aromatic carbocycles. The standard InChI is InChI=1S/2C9H18NO2.C7H8O3S.HI/c2*1-8(2)9(11)12-7-6-10(3,4)5;1-6-2-4-7(5-3-6)11(8,9)10;/h2*1,6-7H2,2-5H3;2-5H,1H3,(H,8,9,10);1H/q2*+1;;/p-2. The smallest absolute Gasteiger partial charge is 0.333 e. The molecule has 36 heavy (non-hydrogen) atoms. The molecule has 0 aliphatic carbocycles. The zero-order chi connectivity index (χ0) is 28.0. The van der Waals surface area contributed by atoms with Crippen LogP contribution in [0.1, 0.15) is 19.4 Å². The molecule has 1 aromatic rings. The van der Waals surface area contributed by atoms with E-state index in [0.29, 0.717) is 24.4 Å². The number of carbonyl (C=O) groups is 2. The average Bonchev–Trinajstić information content (AvgIpc) is 2.66. The Morgan fingerprint density at radius 1 is 0.806 bits per heavy atom. The number of benzene rings is 1. The van der Waals surface area contributed by atoms with Crippen molar-refractivity contribution in [1.82, 2.24) is 0 Å². The number of halogens is 1. The van der Waals surface area contributed by atoms with E-state index in [9.17, 15) is 22.6 Å². The highest BCUT2D eigenvalue weighted by molar-refractivity contribution is 7.85. The fourth-order valence-corrected chi connectivity index (χ4v) is 2.25. The van der Waals surface area contributed by atoms with Crippen molar-refractivity contribution in [3.8, 4) is 0 Å². The van der Waals surface area contributed by atoms with E-state index >= 15 is 0 Å². The molecule has 0 heterocycles. The van der Waals surface area contributed by atoms with Gasteiger partial charge in [0.15, 0.2) is 0 Å². The van der Waals surface area contributed by atoms with Crippen LogP contribution in [0, 0.1) is 6.92 Å². The summed E-state index contributed by atoms with van der Waals surface area (Å²) in [5, 5.41) is 0. The Hall–Kier alpha value is -1.80. The Kier molecular flexibility index (Phi) is 19.0. The summed E-state index contributed by atoms with van der Waals surface area (Å²) in [6.45, 7) is 14.6. The first-order chi connectivity index (χ1) is 15.7. The zero-order valence-electron chi connectivity index (χ0n) is 23.1. The maximum Gasteiger partial charge on any atom is 0.333 e. The van der Waals surface area contributed by atoms with Gasteiger partial charge in [0, 0.05) is 11.1 Å². The number of hydrogen-bond donors (Lipinski definition) is 0. The quantitative estimate of drug-likeness (QED) is 0.118. The van der Waals surface area contributed by atoms with E-state index < -0.39 is 10.1 Å². The van der Waals surface area contributed by atoms with Crippen molar-refractivity contribution in [3.63, 3.8) is 0 Å². The number of likely N-dealkylation sites (N-methyl/N-ethyl adjacent to an activating group) is 2. The highest BCUT2D eigenvalue weighted by Crippen LogP contribution is 2.08.